The van der Waals surface area contributed by atoms with Crippen LogP contribution in [0.3, 0.4) is 0 Å². The molecule has 0 atom stereocenters. The maximum Gasteiger partial charge on any atom is 0.222 e. The van der Waals surface area contributed by atoms with Crippen LogP contribution in [-0.4, -0.2) is 12.3 Å². The summed E-state index contributed by atoms with van der Waals surface area (Å²) < 4.78 is 9.98. The summed E-state index contributed by atoms with van der Waals surface area (Å²) >= 11 is 0. The lowest BCUT2D eigenvalue weighted by Gasteiger charge is -2.03. The molecular formula is C10H10N2O2. The van der Waals surface area contributed by atoms with Crippen molar-refractivity contribution in [2.24, 2.45) is 0 Å². The van der Waals surface area contributed by atoms with Gasteiger partial charge in [0.1, 0.15) is 11.4 Å². The quantitative estimate of drug-likeness (QED) is 0.786. The summed E-state index contributed by atoms with van der Waals surface area (Å²) in [7, 11) is 1.61. The van der Waals surface area contributed by atoms with Crippen molar-refractivity contribution in [3.05, 3.63) is 30.3 Å². The lowest BCUT2D eigenvalue weighted by Crippen LogP contribution is -1.86. The molecule has 4 nitrogen and oxygen atoms in total. The van der Waals surface area contributed by atoms with E-state index in [2.05, 4.69) is 5.16 Å². The predicted octanol–water partition coefficient (Wildman–Crippen LogP) is 1.93. The normalized spacial score (nSPS) is 10.1. The fraction of sp³-hybridized carbons (Fsp3) is 0.100. The van der Waals surface area contributed by atoms with Crippen LogP contribution in [0.1, 0.15) is 0 Å². The number of nitrogens with zero attached hydrogens (tertiary/aromatic N) is 1. The van der Waals surface area contributed by atoms with Gasteiger partial charge in [-0.15, -0.1) is 0 Å². The van der Waals surface area contributed by atoms with Crippen molar-refractivity contribution in [3.8, 4) is 17.0 Å². The summed E-state index contributed by atoms with van der Waals surface area (Å²) in [6.45, 7) is 0. The van der Waals surface area contributed by atoms with Gasteiger partial charge in [-0.3, -0.25) is 0 Å². The van der Waals surface area contributed by atoms with Crippen LogP contribution in [0, 0.1) is 0 Å². The number of aromatic nitrogens is 1. The highest BCUT2D eigenvalue weighted by Gasteiger charge is 2.08. The minimum absolute atomic E-state index is 0.297. The fourth-order valence-corrected chi connectivity index (χ4v) is 1.27. The topological polar surface area (TPSA) is 61.3 Å². The second-order valence-corrected chi connectivity index (χ2v) is 2.81. The zero-order valence-corrected chi connectivity index (χ0v) is 7.73. The number of rotatable bonds is 2. The molecule has 2 N–H and O–H groups in total. The summed E-state index contributed by atoms with van der Waals surface area (Å²) in [4.78, 5) is 0. The number of benzene rings is 1. The van der Waals surface area contributed by atoms with E-state index < -0.39 is 0 Å². The van der Waals surface area contributed by atoms with Crippen LogP contribution < -0.4 is 10.5 Å². The highest BCUT2D eigenvalue weighted by Crippen LogP contribution is 2.29. The Kier molecular flexibility index (Phi) is 2.10. The molecule has 1 aromatic heterocycles. The molecule has 2 aromatic rings. The minimum Gasteiger partial charge on any atom is -0.496 e. The van der Waals surface area contributed by atoms with Crippen molar-refractivity contribution in [2.75, 3.05) is 12.8 Å². The third-order valence-electron chi connectivity index (χ3n) is 1.91. The Morgan fingerprint density at radius 3 is 2.79 bits per heavy atom. The smallest absolute Gasteiger partial charge is 0.222 e. The molecule has 0 saturated heterocycles. The standard InChI is InChI=1S/C10H10N2O2/c1-13-9-5-3-2-4-7(9)8-6-10(11)14-12-8/h2-6H,11H2,1H3. The molecule has 0 bridgehead atoms. The maximum absolute atomic E-state index is 5.44. The van der Waals surface area contributed by atoms with E-state index in [1.807, 2.05) is 24.3 Å². The van der Waals surface area contributed by atoms with Gasteiger partial charge >= 0.3 is 0 Å². The Labute approximate surface area is 81.3 Å². The van der Waals surface area contributed by atoms with E-state index >= 15 is 0 Å². The first-order valence-electron chi connectivity index (χ1n) is 4.17. The van der Waals surface area contributed by atoms with E-state index in [1.54, 1.807) is 13.2 Å². The van der Waals surface area contributed by atoms with Gasteiger partial charge in [0.05, 0.1) is 7.11 Å². The van der Waals surface area contributed by atoms with Crippen molar-refractivity contribution in [1.29, 1.82) is 0 Å². The van der Waals surface area contributed by atoms with Gasteiger partial charge in [-0.1, -0.05) is 17.3 Å². The van der Waals surface area contributed by atoms with E-state index in [0.29, 0.717) is 11.6 Å². The van der Waals surface area contributed by atoms with Crippen LogP contribution in [0.2, 0.25) is 0 Å². The molecule has 0 fully saturated rings. The average Bonchev–Trinajstić information content (AvgIpc) is 2.65. The first-order chi connectivity index (χ1) is 6.81. The summed E-state index contributed by atoms with van der Waals surface area (Å²) in [6, 6.07) is 9.22. The summed E-state index contributed by atoms with van der Waals surface area (Å²) in [5, 5.41) is 3.81. The summed E-state index contributed by atoms with van der Waals surface area (Å²) in [6.07, 6.45) is 0. The number of ether oxygens (including phenoxy) is 1. The molecule has 0 aliphatic carbocycles. The second-order valence-electron chi connectivity index (χ2n) is 2.81. The van der Waals surface area contributed by atoms with Crippen LogP contribution in [0.25, 0.3) is 11.3 Å². The third-order valence-corrected chi connectivity index (χ3v) is 1.91. The van der Waals surface area contributed by atoms with Gasteiger partial charge in [-0.25, -0.2) is 0 Å². The number of nitrogens with two attached hydrogens (primary N) is 1. The van der Waals surface area contributed by atoms with Crippen LogP contribution in [0.4, 0.5) is 5.88 Å². The van der Waals surface area contributed by atoms with E-state index in [9.17, 15) is 0 Å². The molecule has 0 aliphatic heterocycles. The summed E-state index contributed by atoms with van der Waals surface area (Å²) in [5.74, 6) is 1.05. The number of hydrogen-bond acceptors (Lipinski definition) is 4. The molecule has 2 rings (SSSR count). The average molecular weight is 190 g/mol. The van der Waals surface area contributed by atoms with Crippen molar-refractivity contribution >= 4 is 5.88 Å². The maximum atomic E-state index is 5.44. The predicted molar refractivity (Wildman–Crippen MR) is 52.9 cm³/mol. The van der Waals surface area contributed by atoms with Gasteiger partial charge in [0.2, 0.25) is 5.88 Å². The monoisotopic (exact) mass is 190 g/mol. The lowest BCUT2D eigenvalue weighted by molar-refractivity contribution is 0.414. The van der Waals surface area contributed by atoms with Crippen molar-refractivity contribution in [2.45, 2.75) is 0 Å². The van der Waals surface area contributed by atoms with Gasteiger partial charge in [0.25, 0.3) is 0 Å². The Morgan fingerprint density at radius 2 is 2.14 bits per heavy atom. The molecule has 0 unspecified atom stereocenters. The molecule has 14 heavy (non-hydrogen) atoms. The molecule has 0 amide bonds. The zero-order chi connectivity index (χ0) is 9.97. The van der Waals surface area contributed by atoms with Gasteiger partial charge < -0.3 is 15.0 Å². The molecule has 0 radical (unpaired) electrons. The van der Waals surface area contributed by atoms with E-state index in [4.69, 9.17) is 15.0 Å². The second kappa shape index (κ2) is 3.41. The van der Waals surface area contributed by atoms with E-state index in [1.165, 1.54) is 0 Å². The third kappa shape index (κ3) is 1.42. The summed E-state index contributed by atoms with van der Waals surface area (Å²) in [5.41, 5.74) is 6.99. The molecular weight excluding hydrogens is 180 g/mol. The zero-order valence-electron chi connectivity index (χ0n) is 7.73. The Balaban J connectivity index is 2.50. The highest BCUT2D eigenvalue weighted by atomic mass is 16.5. The van der Waals surface area contributed by atoms with Gasteiger partial charge in [-0.2, -0.15) is 0 Å². The van der Waals surface area contributed by atoms with Crippen molar-refractivity contribution < 1.29 is 9.26 Å². The highest BCUT2D eigenvalue weighted by molar-refractivity contribution is 5.68. The Bertz CT molecular complexity index is 437. The molecule has 1 aromatic carbocycles. The van der Waals surface area contributed by atoms with Crippen LogP contribution in [0.15, 0.2) is 34.9 Å². The number of nitrogen functional groups attached to an aromatic ring is 1. The number of anilines is 1. The van der Waals surface area contributed by atoms with Crippen molar-refractivity contribution in [3.63, 3.8) is 0 Å². The van der Waals surface area contributed by atoms with Crippen molar-refractivity contribution in [1.82, 2.24) is 5.16 Å². The van der Waals surface area contributed by atoms with Gasteiger partial charge in [0.15, 0.2) is 0 Å². The SMILES string of the molecule is COc1ccccc1-c1cc(N)on1. The molecule has 4 heteroatoms. The van der Waals surface area contributed by atoms with Gasteiger partial charge in [-0.05, 0) is 12.1 Å². The van der Waals surface area contributed by atoms with Crippen LogP contribution in [-0.2, 0) is 0 Å². The first-order valence-corrected chi connectivity index (χ1v) is 4.17. The molecule has 72 valence electrons. The molecule has 1 heterocycles. The first kappa shape index (κ1) is 8.62. The molecule has 0 spiro atoms. The minimum atomic E-state index is 0.297. The lowest BCUT2D eigenvalue weighted by atomic mass is 10.1. The number of para-hydroxylation sites is 1. The van der Waals surface area contributed by atoms with E-state index in [0.717, 1.165) is 11.3 Å². The molecule has 0 saturated carbocycles. The Morgan fingerprint density at radius 1 is 1.36 bits per heavy atom. The Hall–Kier alpha value is -1.97. The number of methoxy groups -OCH3 is 1. The van der Waals surface area contributed by atoms with Crippen LogP contribution in [0.5, 0.6) is 5.75 Å². The van der Waals surface area contributed by atoms with Crippen LogP contribution >= 0.6 is 0 Å². The largest absolute Gasteiger partial charge is 0.496 e. The number of hydrogen-bond donors (Lipinski definition) is 1. The fourth-order valence-electron chi connectivity index (χ4n) is 1.27. The molecule has 0 aliphatic rings. The van der Waals surface area contributed by atoms with Gasteiger partial charge in [0, 0.05) is 11.6 Å². The van der Waals surface area contributed by atoms with E-state index in [-0.39, 0.29) is 0 Å².